The van der Waals surface area contributed by atoms with Crippen molar-refractivity contribution in [1.29, 1.82) is 0 Å². The average molecular weight is 249 g/mol. The Morgan fingerprint density at radius 3 is 2.78 bits per heavy atom. The summed E-state index contributed by atoms with van der Waals surface area (Å²) < 4.78 is 13.5. The van der Waals surface area contributed by atoms with Crippen molar-refractivity contribution in [3.05, 3.63) is 35.1 Å². The first kappa shape index (κ1) is 13.5. The van der Waals surface area contributed by atoms with Gasteiger partial charge in [0.25, 0.3) is 0 Å². The topological polar surface area (TPSA) is 12.0 Å². The molecule has 3 unspecified atom stereocenters. The van der Waals surface area contributed by atoms with Crippen molar-refractivity contribution >= 4 is 0 Å². The summed E-state index contributed by atoms with van der Waals surface area (Å²) in [7, 11) is 1.99. The van der Waals surface area contributed by atoms with E-state index in [1.807, 2.05) is 13.1 Å². The highest BCUT2D eigenvalue weighted by Gasteiger charge is 2.27. The van der Waals surface area contributed by atoms with E-state index in [1.54, 1.807) is 12.1 Å². The maximum absolute atomic E-state index is 13.5. The zero-order valence-electron chi connectivity index (χ0n) is 11.7. The van der Waals surface area contributed by atoms with Gasteiger partial charge in [0.15, 0.2) is 0 Å². The van der Waals surface area contributed by atoms with Crippen molar-refractivity contribution in [1.82, 2.24) is 5.32 Å². The fourth-order valence-electron chi connectivity index (χ4n) is 3.38. The summed E-state index contributed by atoms with van der Waals surface area (Å²) in [5.74, 6) is 1.31. The van der Waals surface area contributed by atoms with Crippen LogP contribution in [-0.4, -0.2) is 7.05 Å². The standard InChI is InChI=1S/C16H24FN/c1-11-5-4-6-13(9-11)16(18-3)15-10-14(17)8-7-12(15)2/h7-8,10-11,13,16,18H,4-6,9H2,1-3H3. The Morgan fingerprint density at radius 2 is 2.11 bits per heavy atom. The van der Waals surface area contributed by atoms with Gasteiger partial charge in [0.05, 0.1) is 0 Å². The van der Waals surface area contributed by atoms with Gasteiger partial charge in [0.2, 0.25) is 0 Å². The first-order chi connectivity index (χ1) is 8.61. The van der Waals surface area contributed by atoms with Gasteiger partial charge < -0.3 is 5.32 Å². The summed E-state index contributed by atoms with van der Waals surface area (Å²) in [6, 6.07) is 5.44. The van der Waals surface area contributed by atoms with Crippen molar-refractivity contribution in [2.45, 2.75) is 45.6 Å². The molecule has 3 atom stereocenters. The van der Waals surface area contributed by atoms with Gasteiger partial charge in [-0.2, -0.15) is 0 Å². The van der Waals surface area contributed by atoms with Crippen LogP contribution in [0, 0.1) is 24.6 Å². The van der Waals surface area contributed by atoms with Gasteiger partial charge in [0, 0.05) is 6.04 Å². The quantitative estimate of drug-likeness (QED) is 0.845. The van der Waals surface area contributed by atoms with Gasteiger partial charge in [-0.25, -0.2) is 4.39 Å². The zero-order chi connectivity index (χ0) is 13.1. The fourth-order valence-corrected chi connectivity index (χ4v) is 3.38. The largest absolute Gasteiger partial charge is 0.313 e. The molecule has 1 aliphatic rings. The molecular weight excluding hydrogens is 225 g/mol. The van der Waals surface area contributed by atoms with Crippen molar-refractivity contribution in [2.75, 3.05) is 7.05 Å². The molecule has 1 aliphatic carbocycles. The van der Waals surface area contributed by atoms with E-state index >= 15 is 0 Å². The van der Waals surface area contributed by atoms with E-state index in [1.165, 1.54) is 31.2 Å². The Labute approximate surface area is 110 Å². The van der Waals surface area contributed by atoms with E-state index in [2.05, 4.69) is 19.2 Å². The van der Waals surface area contributed by atoms with E-state index in [-0.39, 0.29) is 5.82 Å². The molecule has 1 N–H and O–H groups in total. The highest BCUT2D eigenvalue weighted by Crippen LogP contribution is 2.37. The first-order valence-corrected chi connectivity index (χ1v) is 7.05. The van der Waals surface area contributed by atoms with Crippen LogP contribution in [0.5, 0.6) is 0 Å². The minimum absolute atomic E-state index is 0.125. The molecule has 18 heavy (non-hydrogen) atoms. The van der Waals surface area contributed by atoms with E-state index in [0.29, 0.717) is 12.0 Å². The molecule has 0 saturated heterocycles. The third kappa shape index (κ3) is 2.92. The Bertz CT molecular complexity index is 402. The number of rotatable bonds is 3. The third-order valence-electron chi connectivity index (χ3n) is 4.34. The molecule has 1 nitrogen and oxygen atoms in total. The number of benzene rings is 1. The molecule has 0 amide bonds. The molecule has 0 heterocycles. The highest BCUT2D eigenvalue weighted by molar-refractivity contribution is 5.30. The Morgan fingerprint density at radius 1 is 1.33 bits per heavy atom. The minimum Gasteiger partial charge on any atom is -0.313 e. The molecule has 0 aromatic heterocycles. The van der Waals surface area contributed by atoms with Crippen LogP contribution in [0.25, 0.3) is 0 Å². The number of hydrogen-bond acceptors (Lipinski definition) is 1. The lowest BCUT2D eigenvalue weighted by Crippen LogP contribution is -2.29. The average Bonchev–Trinajstić information content (AvgIpc) is 2.35. The summed E-state index contributed by atoms with van der Waals surface area (Å²) in [5, 5.41) is 3.41. The van der Waals surface area contributed by atoms with Gasteiger partial charge in [-0.05, 0) is 61.9 Å². The maximum atomic E-state index is 13.5. The molecular formula is C16H24FN. The second kappa shape index (κ2) is 5.83. The molecule has 0 spiro atoms. The van der Waals surface area contributed by atoms with Crippen LogP contribution in [0.3, 0.4) is 0 Å². The van der Waals surface area contributed by atoms with Crippen LogP contribution >= 0.6 is 0 Å². The molecule has 1 fully saturated rings. The highest BCUT2D eigenvalue weighted by atomic mass is 19.1. The second-order valence-electron chi connectivity index (χ2n) is 5.80. The van der Waals surface area contributed by atoms with Gasteiger partial charge in [0.1, 0.15) is 5.82 Å². The van der Waals surface area contributed by atoms with Gasteiger partial charge in [-0.3, -0.25) is 0 Å². The van der Waals surface area contributed by atoms with Gasteiger partial charge >= 0.3 is 0 Å². The Hall–Kier alpha value is -0.890. The lowest BCUT2D eigenvalue weighted by Gasteiger charge is -2.34. The summed E-state index contributed by atoms with van der Waals surface area (Å²) in [6.07, 6.45) is 5.15. The van der Waals surface area contributed by atoms with Crippen molar-refractivity contribution in [2.24, 2.45) is 11.8 Å². The van der Waals surface area contributed by atoms with E-state index in [0.717, 1.165) is 11.5 Å². The van der Waals surface area contributed by atoms with Crippen molar-refractivity contribution in [3.8, 4) is 0 Å². The molecule has 0 aliphatic heterocycles. The van der Waals surface area contributed by atoms with Gasteiger partial charge in [-0.1, -0.05) is 25.8 Å². The number of nitrogens with one attached hydrogen (secondary N) is 1. The van der Waals surface area contributed by atoms with Crippen LogP contribution in [0.2, 0.25) is 0 Å². The molecule has 0 bridgehead atoms. The molecule has 1 aromatic carbocycles. The normalized spacial score (nSPS) is 26.0. The van der Waals surface area contributed by atoms with Gasteiger partial charge in [-0.15, -0.1) is 0 Å². The molecule has 0 radical (unpaired) electrons. The molecule has 100 valence electrons. The number of hydrogen-bond donors (Lipinski definition) is 1. The van der Waals surface area contributed by atoms with Crippen LogP contribution in [0.4, 0.5) is 4.39 Å². The minimum atomic E-state index is -0.125. The van der Waals surface area contributed by atoms with Crippen LogP contribution in [0.15, 0.2) is 18.2 Å². The second-order valence-corrected chi connectivity index (χ2v) is 5.80. The lowest BCUT2D eigenvalue weighted by atomic mass is 9.76. The van der Waals surface area contributed by atoms with Crippen LogP contribution in [0.1, 0.15) is 49.8 Å². The molecule has 1 saturated carbocycles. The molecule has 1 aromatic rings. The number of aryl methyl sites for hydroxylation is 1. The monoisotopic (exact) mass is 249 g/mol. The SMILES string of the molecule is CNC(c1cc(F)ccc1C)C1CCCC(C)C1. The van der Waals surface area contributed by atoms with E-state index in [4.69, 9.17) is 0 Å². The smallest absolute Gasteiger partial charge is 0.123 e. The van der Waals surface area contributed by atoms with Crippen LogP contribution < -0.4 is 5.32 Å². The van der Waals surface area contributed by atoms with Crippen LogP contribution in [-0.2, 0) is 0 Å². The third-order valence-corrected chi connectivity index (χ3v) is 4.34. The van der Waals surface area contributed by atoms with Crippen molar-refractivity contribution in [3.63, 3.8) is 0 Å². The van der Waals surface area contributed by atoms with E-state index < -0.39 is 0 Å². The maximum Gasteiger partial charge on any atom is 0.123 e. The summed E-state index contributed by atoms with van der Waals surface area (Å²) in [6.45, 7) is 4.41. The summed E-state index contributed by atoms with van der Waals surface area (Å²) in [4.78, 5) is 0. The zero-order valence-corrected chi connectivity index (χ0v) is 11.7. The van der Waals surface area contributed by atoms with Crippen molar-refractivity contribution < 1.29 is 4.39 Å². The molecule has 2 heteroatoms. The van der Waals surface area contributed by atoms with E-state index in [9.17, 15) is 4.39 Å². The first-order valence-electron chi connectivity index (χ1n) is 7.05. The predicted molar refractivity (Wildman–Crippen MR) is 74.1 cm³/mol. The summed E-state index contributed by atoms with van der Waals surface area (Å²) >= 11 is 0. The number of halogens is 1. The predicted octanol–water partition coefficient (Wildman–Crippen LogP) is 4.22. The Kier molecular flexibility index (Phi) is 4.39. The molecule has 2 rings (SSSR count). The lowest BCUT2D eigenvalue weighted by molar-refractivity contribution is 0.229. The fraction of sp³-hybridized carbons (Fsp3) is 0.625. The summed E-state index contributed by atoms with van der Waals surface area (Å²) in [5.41, 5.74) is 2.32. The Balaban J connectivity index is 2.24.